The second-order valence-electron chi connectivity index (χ2n) is 6.08. The zero-order chi connectivity index (χ0) is 21.3. The predicted octanol–water partition coefficient (Wildman–Crippen LogP) is 2.49. The molecule has 29 heavy (non-hydrogen) atoms. The highest BCUT2D eigenvalue weighted by Gasteiger charge is 2.18. The number of carbonyl (C=O) groups is 1. The molecule has 0 saturated heterocycles. The summed E-state index contributed by atoms with van der Waals surface area (Å²) in [5, 5.41) is 16.3. The van der Waals surface area contributed by atoms with Gasteiger partial charge in [-0.3, -0.25) is 14.9 Å². The van der Waals surface area contributed by atoms with E-state index >= 15 is 0 Å². The van der Waals surface area contributed by atoms with E-state index in [4.69, 9.17) is 5.14 Å². The standard InChI is InChI=1S/C18H16N4O5S2/c1-3-9-21-15-8-7-12(29(19,26)27)10-16(15)28-18(21)20-17(23)13-5-4-6-14(11(13)2)22(24)25/h3-8,10H,1,9H2,2H3,(H2,19,26,27). The van der Waals surface area contributed by atoms with Crippen molar-refractivity contribution in [1.82, 2.24) is 4.57 Å². The number of nitro groups is 1. The summed E-state index contributed by atoms with van der Waals surface area (Å²) in [6.45, 7) is 5.51. The van der Waals surface area contributed by atoms with Crippen molar-refractivity contribution in [2.45, 2.75) is 18.4 Å². The Labute approximate surface area is 169 Å². The lowest BCUT2D eigenvalue weighted by Crippen LogP contribution is -2.16. The molecule has 1 aromatic heterocycles. The summed E-state index contributed by atoms with van der Waals surface area (Å²) in [6.07, 6.45) is 1.61. The number of primary sulfonamides is 1. The summed E-state index contributed by atoms with van der Waals surface area (Å²) < 4.78 is 25.5. The first-order chi connectivity index (χ1) is 13.6. The van der Waals surface area contributed by atoms with Gasteiger partial charge in [0.2, 0.25) is 10.0 Å². The lowest BCUT2D eigenvalue weighted by atomic mass is 10.1. The van der Waals surface area contributed by atoms with Crippen molar-refractivity contribution < 1.29 is 18.1 Å². The average Bonchev–Trinajstić information content (AvgIpc) is 2.97. The number of hydrogen-bond acceptors (Lipinski definition) is 6. The summed E-state index contributed by atoms with van der Waals surface area (Å²) in [4.78, 5) is 27.7. The van der Waals surface area contributed by atoms with Gasteiger partial charge >= 0.3 is 0 Å². The maximum Gasteiger partial charge on any atom is 0.280 e. The summed E-state index contributed by atoms with van der Waals surface area (Å²) >= 11 is 1.11. The van der Waals surface area contributed by atoms with Gasteiger partial charge in [0, 0.05) is 18.2 Å². The third-order valence-corrected chi connectivity index (χ3v) is 6.18. The van der Waals surface area contributed by atoms with E-state index in [0.29, 0.717) is 21.6 Å². The van der Waals surface area contributed by atoms with Crippen LogP contribution in [0.1, 0.15) is 15.9 Å². The van der Waals surface area contributed by atoms with Crippen molar-refractivity contribution in [1.29, 1.82) is 0 Å². The molecule has 3 aromatic rings. The Morgan fingerprint density at radius 3 is 2.72 bits per heavy atom. The molecule has 1 amide bonds. The third kappa shape index (κ3) is 4.01. The molecular weight excluding hydrogens is 416 g/mol. The number of benzene rings is 2. The van der Waals surface area contributed by atoms with Crippen LogP contribution in [0, 0.1) is 17.0 Å². The topological polar surface area (TPSA) is 138 Å². The van der Waals surface area contributed by atoms with Crippen LogP contribution < -0.4 is 9.94 Å². The normalized spacial score (nSPS) is 12.3. The Morgan fingerprint density at radius 2 is 2.10 bits per heavy atom. The van der Waals surface area contributed by atoms with Gasteiger partial charge in [-0.25, -0.2) is 13.6 Å². The molecule has 150 valence electrons. The number of fused-ring (bicyclic) bond motifs is 1. The molecule has 0 fully saturated rings. The first-order valence-electron chi connectivity index (χ1n) is 8.23. The van der Waals surface area contributed by atoms with Crippen molar-refractivity contribution in [3.63, 3.8) is 0 Å². The van der Waals surface area contributed by atoms with Crippen LogP contribution in [0.3, 0.4) is 0 Å². The Hall–Kier alpha value is -3.15. The van der Waals surface area contributed by atoms with Gasteiger partial charge in [0.25, 0.3) is 11.6 Å². The van der Waals surface area contributed by atoms with Crippen molar-refractivity contribution in [2.24, 2.45) is 10.1 Å². The van der Waals surface area contributed by atoms with Crippen molar-refractivity contribution in [2.75, 3.05) is 0 Å². The number of nitrogens with two attached hydrogens (primary N) is 1. The van der Waals surface area contributed by atoms with Gasteiger partial charge in [0.1, 0.15) is 0 Å². The van der Waals surface area contributed by atoms with E-state index in [2.05, 4.69) is 11.6 Å². The largest absolute Gasteiger partial charge is 0.312 e. The second-order valence-corrected chi connectivity index (χ2v) is 8.65. The fourth-order valence-electron chi connectivity index (χ4n) is 2.82. The lowest BCUT2D eigenvalue weighted by molar-refractivity contribution is -0.385. The van der Waals surface area contributed by atoms with E-state index in [-0.39, 0.29) is 21.7 Å². The molecule has 0 spiro atoms. The number of carbonyl (C=O) groups excluding carboxylic acids is 1. The van der Waals surface area contributed by atoms with E-state index in [0.717, 1.165) is 11.3 Å². The predicted molar refractivity (Wildman–Crippen MR) is 109 cm³/mol. The zero-order valence-corrected chi connectivity index (χ0v) is 16.9. The van der Waals surface area contributed by atoms with E-state index in [9.17, 15) is 23.3 Å². The van der Waals surface area contributed by atoms with Crippen LogP contribution in [0.4, 0.5) is 5.69 Å². The molecule has 0 saturated carbocycles. The molecule has 0 aliphatic carbocycles. The highest BCUT2D eigenvalue weighted by Crippen LogP contribution is 2.23. The maximum atomic E-state index is 12.7. The smallest absolute Gasteiger partial charge is 0.280 e. The number of thiazole rings is 1. The Morgan fingerprint density at radius 1 is 1.38 bits per heavy atom. The van der Waals surface area contributed by atoms with Crippen LogP contribution >= 0.6 is 11.3 Å². The van der Waals surface area contributed by atoms with E-state index < -0.39 is 20.9 Å². The fraction of sp³-hybridized carbons (Fsp3) is 0.111. The molecule has 0 atom stereocenters. The molecule has 0 aliphatic rings. The second kappa shape index (κ2) is 7.70. The molecule has 0 unspecified atom stereocenters. The highest BCUT2D eigenvalue weighted by atomic mass is 32.2. The van der Waals surface area contributed by atoms with E-state index in [1.807, 2.05) is 0 Å². The number of sulfonamides is 1. The monoisotopic (exact) mass is 432 g/mol. The Kier molecular flexibility index (Phi) is 5.46. The number of aromatic nitrogens is 1. The van der Waals surface area contributed by atoms with Crippen molar-refractivity contribution >= 4 is 43.2 Å². The van der Waals surface area contributed by atoms with Gasteiger partial charge in [0.15, 0.2) is 4.80 Å². The number of amides is 1. The molecule has 2 N–H and O–H groups in total. The van der Waals surface area contributed by atoms with Crippen LogP contribution in [-0.2, 0) is 16.6 Å². The number of rotatable bonds is 5. The minimum atomic E-state index is -3.88. The summed E-state index contributed by atoms with van der Waals surface area (Å²) in [6, 6.07) is 8.58. The van der Waals surface area contributed by atoms with Crippen LogP contribution in [0.2, 0.25) is 0 Å². The molecule has 11 heteroatoms. The molecule has 1 heterocycles. The van der Waals surface area contributed by atoms with Crippen LogP contribution in [0.15, 0.2) is 58.9 Å². The summed E-state index contributed by atoms with van der Waals surface area (Å²) in [5.41, 5.74) is 0.829. The zero-order valence-electron chi connectivity index (χ0n) is 15.2. The average molecular weight is 432 g/mol. The molecule has 0 bridgehead atoms. The van der Waals surface area contributed by atoms with Crippen LogP contribution in [0.5, 0.6) is 0 Å². The number of allylic oxidation sites excluding steroid dienone is 1. The minimum absolute atomic E-state index is 0.0515. The quantitative estimate of drug-likeness (QED) is 0.375. The number of nitro benzene ring substituents is 1. The number of nitrogens with zero attached hydrogens (tertiary/aromatic N) is 3. The maximum absolute atomic E-state index is 12.7. The minimum Gasteiger partial charge on any atom is -0.312 e. The van der Waals surface area contributed by atoms with E-state index in [1.54, 1.807) is 16.7 Å². The molecule has 0 radical (unpaired) electrons. The molecule has 0 aliphatic heterocycles. The molecule has 2 aromatic carbocycles. The van der Waals surface area contributed by atoms with Gasteiger partial charge in [-0.1, -0.05) is 23.5 Å². The molecule has 3 rings (SSSR count). The first kappa shape index (κ1) is 20.6. The molecular formula is C18H16N4O5S2. The van der Waals surface area contributed by atoms with Gasteiger partial charge in [0.05, 0.1) is 25.6 Å². The third-order valence-electron chi connectivity index (χ3n) is 4.22. The van der Waals surface area contributed by atoms with Gasteiger partial charge < -0.3 is 4.57 Å². The van der Waals surface area contributed by atoms with Gasteiger partial charge in [-0.15, -0.1) is 6.58 Å². The first-order valence-corrected chi connectivity index (χ1v) is 10.6. The number of hydrogen-bond donors (Lipinski definition) is 1. The van der Waals surface area contributed by atoms with Crippen molar-refractivity contribution in [3.8, 4) is 0 Å². The van der Waals surface area contributed by atoms with Crippen LogP contribution in [0.25, 0.3) is 10.2 Å². The van der Waals surface area contributed by atoms with Crippen molar-refractivity contribution in [3.05, 3.63) is 75.1 Å². The van der Waals surface area contributed by atoms with E-state index in [1.165, 1.54) is 37.3 Å². The lowest BCUT2D eigenvalue weighted by Gasteiger charge is -2.03. The SMILES string of the molecule is C=CCn1c(=NC(=O)c2cccc([N+](=O)[O-])c2C)sc2cc(S(N)(=O)=O)ccc21. The van der Waals surface area contributed by atoms with Gasteiger partial charge in [-0.2, -0.15) is 4.99 Å². The highest BCUT2D eigenvalue weighted by molar-refractivity contribution is 7.89. The Bertz CT molecular complexity index is 1340. The van der Waals surface area contributed by atoms with Crippen LogP contribution in [-0.4, -0.2) is 23.8 Å². The molecule has 9 nitrogen and oxygen atoms in total. The summed E-state index contributed by atoms with van der Waals surface area (Å²) in [5.74, 6) is -0.637. The fourth-order valence-corrected chi connectivity index (χ4v) is 4.51. The summed E-state index contributed by atoms with van der Waals surface area (Å²) in [7, 11) is -3.88. The van der Waals surface area contributed by atoms with Gasteiger partial charge in [-0.05, 0) is 31.2 Å². The Balaban J connectivity index is 2.20.